The van der Waals surface area contributed by atoms with E-state index in [2.05, 4.69) is 5.32 Å². The van der Waals surface area contributed by atoms with Gasteiger partial charge in [-0.1, -0.05) is 47.5 Å². The van der Waals surface area contributed by atoms with Gasteiger partial charge in [0.25, 0.3) is 0 Å². The number of aromatic nitrogens is 2. The lowest BCUT2D eigenvalue weighted by molar-refractivity contribution is -0.131. The van der Waals surface area contributed by atoms with Crippen molar-refractivity contribution in [1.82, 2.24) is 9.78 Å². The lowest BCUT2D eigenvalue weighted by atomic mass is 9.51. The minimum absolute atomic E-state index is 0.134. The summed E-state index contributed by atoms with van der Waals surface area (Å²) in [6.07, 6.45) is 2.29. The van der Waals surface area contributed by atoms with Crippen LogP contribution in [0.4, 0.5) is 27.3 Å². The Kier molecular flexibility index (Phi) is 8.49. The maximum absolute atomic E-state index is 15.2. The van der Waals surface area contributed by atoms with Crippen LogP contribution in [0.5, 0.6) is 5.75 Å². The molecule has 4 aliphatic rings. The summed E-state index contributed by atoms with van der Waals surface area (Å²) in [6, 6.07) is 28.2. The van der Waals surface area contributed by atoms with E-state index in [0.717, 1.165) is 31.9 Å². The first kappa shape index (κ1) is 37.2. The molecular formula is C46H37ClFN5O5S. The number of aromatic hydroxyl groups is 1. The van der Waals surface area contributed by atoms with Crippen molar-refractivity contribution >= 4 is 79.5 Å². The van der Waals surface area contributed by atoms with E-state index in [0.29, 0.717) is 27.5 Å². The SMILES string of the molecule is Cc1c(-c2cc(N3C(=O)C4CC5C(=CCC6C(=O)N(c7ccc(Nc8ccccc8)cc7)C(=O)C65)C(c5ccc(O)c(F)c5)C4(C)C3=O)n(C)n2)sc2ccc(Cl)cc12. The summed E-state index contributed by atoms with van der Waals surface area (Å²) >= 11 is 7.86. The first-order valence-corrected chi connectivity index (χ1v) is 20.6. The number of anilines is 4. The number of halogens is 2. The second-order valence-electron chi connectivity index (χ2n) is 16.1. The maximum Gasteiger partial charge on any atom is 0.242 e. The Morgan fingerprint density at radius 1 is 0.881 bits per heavy atom. The number of para-hydroxylation sites is 1. The molecule has 4 amide bonds. The summed E-state index contributed by atoms with van der Waals surface area (Å²) in [5, 5.41) is 19.9. The number of fused-ring (bicyclic) bond motifs is 5. The third-order valence-corrected chi connectivity index (χ3v) is 14.5. The fraction of sp³-hybridized carbons (Fsp3) is 0.239. The molecule has 10 rings (SSSR count). The number of hydrogen-bond donors (Lipinski definition) is 2. The number of aryl methyl sites for hydroxylation is 2. The third-order valence-electron chi connectivity index (χ3n) is 13.0. The summed E-state index contributed by atoms with van der Waals surface area (Å²) in [5.41, 5.74) is 3.39. The highest BCUT2D eigenvalue weighted by Crippen LogP contribution is 2.64. The van der Waals surface area contributed by atoms with Crippen molar-refractivity contribution in [3.05, 3.63) is 131 Å². The highest BCUT2D eigenvalue weighted by atomic mass is 35.5. The van der Waals surface area contributed by atoms with Crippen LogP contribution in [-0.2, 0) is 26.2 Å². The molecule has 4 heterocycles. The molecule has 2 aliphatic carbocycles. The van der Waals surface area contributed by atoms with Gasteiger partial charge >= 0.3 is 0 Å². The average molecular weight is 826 g/mol. The molecule has 2 aromatic heterocycles. The van der Waals surface area contributed by atoms with E-state index >= 15 is 9.18 Å². The van der Waals surface area contributed by atoms with E-state index in [1.54, 1.807) is 49.6 Å². The van der Waals surface area contributed by atoms with Gasteiger partial charge in [0.15, 0.2) is 11.6 Å². The van der Waals surface area contributed by atoms with Gasteiger partial charge in [-0.25, -0.2) is 9.29 Å². The number of amides is 4. The first-order chi connectivity index (χ1) is 28.3. The summed E-state index contributed by atoms with van der Waals surface area (Å²) < 4.78 is 17.8. The normalized spacial score (nSPS) is 25.0. The minimum atomic E-state index is -1.41. The highest BCUT2D eigenvalue weighted by molar-refractivity contribution is 7.22. The molecular weight excluding hydrogens is 789 g/mol. The summed E-state index contributed by atoms with van der Waals surface area (Å²) in [6.45, 7) is 3.73. The van der Waals surface area contributed by atoms with Gasteiger partial charge in [0, 0.05) is 40.1 Å². The molecule has 4 aromatic carbocycles. The van der Waals surface area contributed by atoms with Crippen LogP contribution < -0.4 is 15.1 Å². The summed E-state index contributed by atoms with van der Waals surface area (Å²) in [7, 11) is 1.69. The lowest BCUT2D eigenvalue weighted by Gasteiger charge is -2.49. The maximum atomic E-state index is 15.2. The molecule has 1 saturated carbocycles. The van der Waals surface area contributed by atoms with Gasteiger partial charge in [0.1, 0.15) is 11.5 Å². The lowest BCUT2D eigenvalue weighted by Crippen LogP contribution is -2.49. The molecule has 2 saturated heterocycles. The Bertz CT molecular complexity index is 2820. The van der Waals surface area contributed by atoms with E-state index in [-0.39, 0.29) is 30.5 Å². The number of imide groups is 2. The Morgan fingerprint density at radius 2 is 1.63 bits per heavy atom. The smallest absolute Gasteiger partial charge is 0.242 e. The molecule has 0 bridgehead atoms. The Morgan fingerprint density at radius 3 is 2.37 bits per heavy atom. The number of phenolic OH excluding ortho intramolecular Hbond substituents is 1. The molecule has 6 unspecified atom stereocenters. The number of allylic oxidation sites excluding steroid dienone is 2. The molecule has 2 aliphatic heterocycles. The minimum Gasteiger partial charge on any atom is -0.505 e. The third kappa shape index (κ3) is 5.53. The van der Waals surface area contributed by atoms with Crippen molar-refractivity contribution in [3.8, 4) is 16.3 Å². The van der Waals surface area contributed by atoms with E-state index in [4.69, 9.17) is 16.7 Å². The van der Waals surface area contributed by atoms with Gasteiger partial charge in [-0.05, 0) is 116 Å². The summed E-state index contributed by atoms with van der Waals surface area (Å²) in [4.78, 5) is 62.1. The Labute approximate surface area is 347 Å². The molecule has 13 heteroatoms. The molecule has 6 atom stereocenters. The van der Waals surface area contributed by atoms with Gasteiger partial charge in [-0.3, -0.25) is 28.8 Å². The van der Waals surface area contributed by atoms with Gasteiger partial charge < -0.3 is 10.4 Å². The van der Waals surface area contributed by atoms with Crippen molar-refractivity contribution in [2.45, 2.75) is 32.6 Å². The van der Waals surface area contributed by atoms with Gasteiger partial charge in [-0.2, -0.15) is 5.10 Å². The van der Waals surface area contributed by atoms with Crippen LogP contribution in [0.3, 0.4) is 0 Å². The fourth-order valence-electron chi connectivity index (χ4n) is 10.2. The van der Waals surface area contributed by atoms with Crippen LogP contribution in [0.1, 0.15) is 36.8 Å². The number of benzene rings is 4. The molecule has 3 fully saturated rings. The van der Waals surface area contributed by atoms with Crippen LogP contribution >= 0.6 is 22.9 Å². The topological polar surface area (TPSA) is 125 Å². The number of thiophene rings is 1. The van der Waals surface area contributed by atoms with Crippen LogP contribution in [0, 0.1) is 41.8 Å². The largest absolute Gasteiger partial charge is 0.505 e. The zero-order valence-corrected chi connectivity index (χ0v) is 33.7. The molecule has 0 radical (unpaired) electrons. The number of nitrogens with zero attached hydrogens (tertiary/aromatic N) is 4. The van der Waals surface area contributed by atoms with Crippen molar-refractivity contribution < 1.29 is 28.7 Å². The van der Waals surface area contributed by atoms with Crippen LogP contribution in [-0.4, -0.2) is 38.5 Å². The van der Waals surface area contributed by atoms with Crippen molar-refractivity contribution in [2.24, 2.45) is 36.1 Å². The Hall–Kier alpha value is -6.11. The van der Waals surface area contributed by atoms with Crippen LogP contribution in [0.15, 0.2) is 109 Å². The van der Waals surface area contributed by atoms with Crippen molar-refractivity contribution in [1.29, 1.82) is 0 Å². The zero-order chi connectivity index (χ0) is 41.1. The second-order valence-corrected chi connectivity index (χ2v) is 17.6. The summed E-state index contributed by atoms with van der Waals surface area (Å²) in [5.74, 6) is -6.59. The average Bonchev–Trinajstić information content (AvgIpc) is 3.90. The first-order valence-electron chi connectivity index (χ1n) is 19.4. The zero-order valence-electron chi connectivity index (χ0n) is 32.1. The number of rotatable bonds is 6. The number of carbonyl (C=O) groups excluding carboxylic acids is 4. The predicted octanol–water partition coefficient (Wildman–Crippen LogP) is 9.29. The van der Waals surface area contributed by atoms with Crippen molar-refractivity contribution in [3.63, 3.8) is 0 Å². The monoisotopic (exact) mass is 825 g/mol. The van der Waals surface area contributed by atoms with Crippen LogP contribution in [0.25, 0.3) is 20.7 Å². The van der Waals surface area contributed by atoms with Crippen molar-refractivity contribution in [2.75, 3.05) is 15.1 Å². The Balaban J connectivity index is 1.03. The van der Waals surface area contributed by atoms with Gasteiger partial charge in [-0.15, -0.1) is 11.3 Å². The molecule has 59 heavy (non-hydrogen) atoms. The van der Waals surface area contributed by atoms with E-state index in [9.17, 15) is 19.5 Å². The molecule has 0 spiro atoms. The molecule has 296 valence electrons. The van der Waals surface area contributed by atoms with Crippen LogP contribution in [0.2, 0.25) is 5.02 Å². The molecule has 6 aromatic rings. The quantitative estimate of drug-likeness (QED) is 0.127. The number of carbonyl (C=O) groups is 4. The molecule has 2 N–H and O–H groups in total. The fourth-order valence-corrected chi connectivity index (χ4v) is 11.5. The highest BCUT2D eigenvalue weighted by Gasteiger charge is 2.68. The van der Waals surface area contributed by atoms with E-state index in [1.165, 1.54) is 26.6 Å². The van der Waals surface area contributed by atoms with E-state index < -0.39 is 58.4 Å². The molecule has 10 nitrogen and oxygen atoms in total. The second kappa shape index (κ2) is 13.5. The van der Waals surface area contributed by atoms with Gasteiger partial charge in [0.2, 0.25) is 23.6 Å². The number of hydrogen-bond acceptors (Lipinski definition) is 8. The number of nitrogens with one attached hydrogen (secondary N) is 1. The van der Waals surface area contributed by atoms with E-state index in [1.807, 2.05) is 73.7 Å². The standard InChI is InChI=1S/C46H37ClFN5O5S/c1-23-31-20-25(47)10-18-37(31)59-41(23)35-22-38(51(3)50-35)53-43(56)33-21-32-29(40(46(33,2)45(53)58)24-9-17-36(54)34(48)19-24)15-16-30-39(32)44(57)52(42(30)55)28-13-11-27(12-14-28)49-26-7-5-4-6-8-26/h4-15,17-20,22,30,32-33,39-40,49,54H,16,21H2,1-3H3. The predicted molar refractivity (Wildman–Crippen MR) is 225 cm³/mol. The number of phenols is 1. The van der Waals surface area contributed by atoms with Gasteiger partial charge in [0.05, 0.1) is 33.7 Å².